The lowest BCUT2D eigenvalue weighted by atomic mass is 9.32. The fourth-order valence-corrected chi connectivity index (χ4v) is 4.67. The van der Waals surface area contributed by atoms with Crippen molar-refractivity contribution in [2.45, 2.75) is 64.6 Å². The third kappa shape index (κ3) is 3.58. The largest absolute Gasteiger partial charge is 0.385 e. The van der Waals surface area contributed by atoms with Gasteiger partial charge >= 0.3 is 0 Å². The lowest BCUT2D eigenvalue weighted by Gasteiger charge is -2.72. The molecular weight excluding hydrogens is 330 g/mol. The Bertz CT molecular complexity index is 539. The van der Waals surface area contributed by atoms with Crippen LogP contribution >= 0.6 is 0 Å². The van der Waals surface area contributed by atoms with Crippen LogP contribution in [0.15, 0.2) is 12.2 Å². The van der Waals surface area contributed by atoms with Gasteiger partial charge in [0.25, 0.3) is 0 Å². The fourth-order valence-electron chi connectivity index (χ4n) is 4.67. The first kappa shape index (κ1) is 19.8. The van der Waals surface area contributed by atoms with Gasteiger partial charge in [-0.25, -0.2) is 0 Å². The van der Waals surface area contributed by atoms with Crippen molar-refractivity contribution >= 4 is 5.91 Å². The summed E-state index contributed by atoms with van der Waals surface area (Å²) in [6.45, 7) is 14.2. The Labute approximate surface area is 158 Å². The topological polar surface area (TPSA) is 48.0 Å². The molecule has 5 nitrogen and oxygen atoms in total. The SMILES string of the molecule is C=C1C2(COCCCCCOC)CC1(C(=O)N1CC(OC(C)(C)C)C1)C2. The molecule has 148 valence electrons. The van der Waals surface area contributed by atoms with Crippen LogP contribution in [0.5, 0.6) is 0 Å². The van der Waals surface area contributed by atoms with Crippen LogP contribution in [0.4, 0.5) is 0 Å². The van der Waals surface area contributed by atoms with Crippen LogP contribution in [0, 0.1) is 10.8 Å². The Kier molecular flexibility index (Phi) is 5.53. The van der Waals surface area contributed by atoms with Crippen molar-refractivity contribution in [1.29, 1.82) is 0 Å². The average molecular weight is 366 g/mol. The Morgan fingerprint density at radius 3 is 2.42 bits per heavy atom. The molecule has 1 heterocycles. The fraction of sp³-hybridized carbons (Fsp3) is 0.857. The molecule has 0 N–H and O–H groups in total. The molecule has 3 aliphatic carbocycles. The first-order valence-electron chi connectivity index (χ1n) is 9.96. The minimum Gasteiger partial charge on any atom is -0.385 e. The molecule has 5 heteroatoms. The zero-order valence-electron chi connectivity index (χ0n) is 16.9. The van der Waals surface area contributed by atoms with Gasteiger partial charge in [-0.3, -0.25) is 4.79 Å². The maximum Gasteiger partial charge on any atom is 0.233 e. The van der Waals surface area contributed by atoms with Gasteiger partial charge in [-0.1, -0.05) is 12.2 Å². The number of methoxy groups -OCH3 is 1. The second-order valence-corrected chi connectivity index (χ2v) is 9.36. The first-order valence-corrected chi connectivity index (χ1v) is 9.96. The second kappa shape index (κ2) is 7.25. The maximum absolute atomic E-state index is 12.9. The number of hydrogen-bond acceptors (Lipinski definition) is 4. The van der Waals surface area contributed by atoms with Gasteiger partial charge in [0.2, 0.25) is 5.91 Å². The number of nitrogens with zero attached hydrogens (tertiary/aromatic N) is 1. The van der Waals surface area contributed by atoms with E-state index in [4.69, 9.17) is 14.2 Å². The lowest BCUT2D eigenvalue weighted by molar-refractivity contribution is -0.201. The molecule has 4 rings (SSSR count). The quantitative estimate of drug-likeness (QED) is 0.441. The van der Waals surface area contributed by atoms with Gasteiger partial charge in [0, 0.05) is 38.8 Å². The van der Waals surface area contributed by atoms with Crippen molar-refractivity contribution < 1.29 is 19.0 Å². The molecule has 1 aliphatic heterocycles. The number of rotatable bonds is 10. The molecule has 4 fully saturated rings. The average Bonchev–Trinajstić information content (AvgIpc) is 2.50. The summed E-state index contributed by atoms with van der Waals surface area (Å²) in [5, 5.41) is 0. The highest BCUT2D eigenvalue weighted by molar-refractivity contribution is 5.92. The molecule has 0 aromatic rings. The van der Waals surface area contributed by atoms with E-state index >= 15 is 0 Å². The number of hydrogen-bond donors (Lipinski definition) is 0. The van der Waals surface area contributed by atoms with E-state index in [-0.39, 0.29) is 28.4 Å². The molecule has 0 aromatic heterocycles. The van der Waals surface area contributed by atoms with Gasteiger partial charge < -0.3 is 19.1 Å². The Balaban J connectivity index is 1.34. The number of carbonyl (C=O) groups excluding carboxylic acids is 1. The molecule has 3 saturated carbocycles. The molecule has 2 bridgehead atoms. The van der Waals surface area contributed by atoms with Gasteiger partial charge in [-0.2, -0.15) is 0 Å². The molecule has 1 amide bonds. The van der Waals surface area contributed by atoms with Crippen LogP contribution in [0.1, 0.15) is 52.9 Å². The smallest absolute Gasteiger partial charge is 0.233 e. The van der Waals surface area contributed by atoms with E-state index in [1.165, 1.54) is 0 Å². The van der Waals surface area contributed by atoms with Crippen LogP contribution in [0.3, 0.4) is 0 Å². The predicted octanol–water partition coefficient (Wildman–Crippen LogP) is 3.18. The highest BCUT2D eigenvalue weighted by Gasteiger charge is 2.75. The van der Waals surface area contributed by atoms with Gasteiger partial charge in [0.15, 0.2) is 0 Å². The first-order chi connectivity index (χ1) is 12.2. The number of carbonyl (C=O) groups is 1. The van der Waals surface area contributed by atoms with Crippen LogP contribution < -0.4 is 0 Å². The number of unbranched alkanes of at least 4 members (excludes halogenated alkanes) is 2. The summed E-state index contributed by atoms with van der Waals surface area (Å²) in [6, 6.07) is 0. The van der Waals surface area contributed by atoms with Crippen LogP contribution in [-0.4, -0.2) is 62.5 Å². The number of likely N-dealkylation sites (tertiary alicyclic amines) is 1. The van der Waals surface area contributed by atoms with Gasteiger partial charge in [-0.05, 0) is 52.9 Å². The molecule has 1 saturated heterocycles. The summed E-state index contributed by atoms with van der Waals surface area (Å²) in [5.41, 5.74) is 0.752. The molecule has 0 spiro atoms. The van der Waals surface area contributed by atoms with E-state index in [1.54, 1.807) is 7.11 Å². The van der Waals surface area contributed by atoms with Gasteiger partial charge in [0.1, 0.15) is 0 Å². The van der Waals surface area contributed by atoms with Gasteiger partial charge in [0.05, 0.1) is 23.7 Å². The third-order valence-corrected chi connectivity index (χ3v) is 6.08. The van der Waals surface area contributed by atoms with E-state index in [9.17, 15) is 4.79 Å². The second-order valence-electron chi connectivity index (χ2n) is 9.36. The summed E-state index contributed by atoms with van der Waals surface area (Å²) in [5.74, 6) is 0.262. The van der Waals surface area contributed by atoms with Crippen molar-refractivity contribution in [2.75, 3.05) is 40.0 Å². The van der Waals surface area contributed by atoms with E-state index < -0.39 is 0 Å². The highest BCUT2D eigenvalue weighted by atomic mass is 16.5. The summed E-state index contributed by atoms with van der Waals surface area (Å²) in [6.07, 6.45) is 5.31. The normalized spacial score (nSPS) is 30.6. The minimum atomic E-state index is -0.283. The number of amides is 1. The molecule has 0 aromatic carbocycles. The van der Waals surface area contributed by atoms with E-state index in [0.29, 0.717) is 0 Å². The summed E-state index contributed by atoms with van der Waals surface area (Å²) < 4.78 is 16.9. The summed E-state index contributed by atoms with van der Waals surface area (Å²) >= 11 is 0. The zero-order chi connectivity index (χ0) is 19.0. The molecular formula is C21H35NO4. The van der Waals surface area contributed by atoms with Crippen molar-refractivity contribution in [1.82, 2.24) is 4.90 Å². The zero-order valence-corrected chi connectivity index (χ0v) is 16.9. The molecule has 0 radical (unpaired) electrons. The summed E-state index contributed by atoms with van der Waals surface area (Å²) in [4.78, 5) is 14.8. The highest BCUT2D eigenvalue weighted by Crippen LogP contribution is 2.77. The summed E-state index contributed by atoms with van der Waals surface area (Å²) in [7, 11) is 1.74. The third-order valence-electron chi connectivity index (χ3n) is 6.08. The van der Waals surface area contributed by atoms with Crippen LogP contribution in [-0.2, 0) is 19.0 Å². The minimum absolute atomic E-state index is 0.0777. The lowest BCUT2D eigenvalue weighted by Crippen LogP contribution is -2.73. The predicted molar refractivity (Wildman–Crippen MR) is 101 cm³/mol. The van der Waals surface area contributed by atoms with E-state index in [2.05, 4.69) is 27.4 Å². The van der Waals surface area contributed by atoms with Crippen LogP contribution in [0.25, 0.3) is 0 Å². The molecule has 4 aliphatic rings. The van der Waals surface area contributed by atoms with E-state index in [1.807, 2.05) is 4.90 Å². The maximum atomic E-state index is 12.9. The van der Waals surface area contributed by atoms with Crippen molar-refractivity contribution in [3.05, 3.63) is 12.2 Å². The van der Waals surface area contributed by atoms with Gasteiger partial charge in [-0.15, -0.1) is 0 Å². The van der Waals surface area contributed by atoms with Crippen molar-refractivity contribution in [3.63, 3.8) is 0 Å². The Hall–Kier alpha value is -0.910. The molecule has 0 atom stereocenters. The molecule has 0 unspecified atom stereocenters. The Morgan fingerprint density at radius 1 is 1.19 bits per heavy atom. The molecule has 26 heavy (non-hydrogen) atoms. The standard InChI is InChI=1S/C21H35NO4/c1-16-20(15-25-10-8-6-7-9-24-5)13-21(16,14-20)18(23)22-11-17(12-22)26-19(2,3)4/h17H,1,6-15H2,2-5H3. The Morgan fingerprint density at radius 2 is 1.85 bits per heavy atom. The monoisotopic (exact) mass is 365 g/mol. The van der Waals surface area contributed by atoms with Crippen molar-refractivity contribution in [2.24, 2.45) is 10.8 Å². The number of ether oxygens (including phenoxy) is 3. The van der Waals surface area contributed by atoms with Crippen LogP contribution in [0.2, 0.25) is 0 Å². The van der Waals surface area contributed by atoms with E-state index in [0.717, 1.165) is 70.6 Å². The van der Waals surface area contributed by atoms with Crippen molar-refractivity contribution in [3.8, 4) is 0 Å².